The van der Waals surface area contributed by atoms with Gasteiger partial charge < -0.3 is 4.74 Å². The molecule has 0 aliphatic carbocycles. The van der Waals surface area contributed by atoms with Crippen molar-refractivity contribution in [3.8, 4) is 0 Å². The summed E-state index contributed by atoms with van der Waals surface area (Å²) in [5, 5.41) is 0. The zero-order valence-corrected chi connectivity index (χ0v) is 9.35. The topological polar surface area (TPSA) is 38.7 Å². The Morgan fingerprint density at radius 2 is 2.06 bits per heavy atom. The lowest BCUT2D eigenvalue weighted by molar-refractivity contribution is -0.135. The highest BCUT2D eigenvalue weighted by atomic mass is 16.6. The number of hydrogen-bond donors (Lipinski definition) is 0. The molecule has 1 aromatic rings. The Morgan fingerprint density at radius 1 is 1.31 bits per heavy atom. The molecule has 3 heteroatoms. The lowest BCUT2D eigenvalue weighted by Gasteiger charge is -1.99. The van der Waals surface area contributed by atoms with Crippen molar-refractivity contribution in [2.75, 3.05) is 0 Å². The van der Waals surface area contributed by atoms with Gasteiger partial charge in [0.25, 0.3) is 0 Å². The molecule has 0 aromatic heterocycles. The highest BCUT2D eigenvalue weighted by molar-refractivity contribution is 6.06. The first-order valence-electron chi connectivity index (χ1n) is 5.66. The van der Waals surface area contributed by atoms with Crippen LogP contribution in [-0.4, -0.2) is 17.9 Å². The second-order valence-electron chi connectivity index (χ2n) is 3.88. The summed E-state index contributed by atoms with van der Waals surface area (Å²) >= 11 is 0. The second-order valence-corrected chi connectivity index (χ2v) is 3.88. The van der Waals surface area contributed by atoms with E-state index in [4.69, 9.17) is 4.74 Å². The SMILES string of the molecule is CCCCC1N=C(c2ccccc2)OC1=O. The van der Waals surface area contributed by atoms with Crippen LogP contribution in [0.2, 0.25) is 0 Å². The largest absolute Gasteiger partial charge is 0.406 e. The van der Waals surface area contributed by atoms with Gasteiger partial charge in [-0.05, 0) is 18.6 Å². The van der Waals surface area contributed by atoms with E-state index in [1.54, 1.807) is 0 Å². The molecule has 0 saturated heterocycles. The molecule has 0 spiro atoms. The van der Waals surface area contributed by atoms with E-state index < -0.39 is 0 Å². The van der Waals surface area contributed by atoms with E-state index in [1.165, 1.54) is 0 Å². The Morgan fingerprint density at radius 3 is 2.75 bits per heavy atom. The van der Waals surface area contributed by atoms with Crippen LogP contribution in [0.15, 0.2) is 35.3 Å². The molecule has 0 amide bonds. The normalized spacial score (nSPS) is 19.4. The molecule has 84 valence electrons. The van der Waals surface area contributed by atoms with E-state index >= 15 is 0 Å². The van der Waals surface area contributed by atoms with Crippen LogP contribution in [0.5, 0.6) is 0 Å². The van der Waals surface area contributed by atoms with E-state index in [9.17, 15) is 4.79 Å². The molecule has 1 aliphatic rings. The van der Waals surface area contributed by atoms with Crippen LogP contribution in [0.4, 0.5) is 0 Å². The van der Waals surface area contributed by atoms with Crippen molar-refractivity contribution in [3.63, 3.8) is 0 Å². The summed E-state index contributed by atoms with van der Waals surface area (Å²) in [5.74, 6) is 0.249. The van der Waals surface area contributed by atoms with Crippen molar-refractivity contribution in [1.29, 1.82) is 0 Å². The number of hydrogen-bond acceptors (Lipinski definition) is 3. The highest BCUT2D eigenvalue weighted by Gasteiger charge is 2.28. The van der Waals surface area contributed by atoms with Crippen LogP contribution in [0, 0.1) is 0 Å². The zero-order chi connectivity index (χ0) is 11.4. The first-order valence-corrected chi connectivity index (χ1v) is 5.66. The molecule has 16 heavy (non-hydrogen) atoms. The minimum atomic E-state index is -0.296. The number of nitrogens with zero attached hydrogens (tertiary/aromatic N) is 1. The number of benzene rings is 1. The van der Waals surface area contributed by atoms with Crippen molar-refractivity contribution >= 4 is 11.9 Å². The van der Waals surface area contributed by atoms with Gasteiger partial charge in [-0.25, -0.2) is 9.79 Å². The number of unbranched alkanes of at least 4 members (excludes halogenated alkanes) is 1. The molecule has 0 fully saturated rings. The summed E-state index contributed by atoms with van der Waals surface area (Å²) in [5.41, 5.74) is 0.870. The number of carbonyl (C=O) groups is 1. The van der Waals surface area contributed by atoms with Gasteiger partial charge in [-0.3, -0.25) is 0 Å². The van der Waals surface area contributed by atoms with Gasteiger partial charge in [-0.15, -0.1) is 0 Å². The van der Waals surface area contributed by atoms with Crippen LogP contribution < -0.4 is 0 Å². The van der Waals surface area contributed by atoms with Gasteiger partial charge in [0.1, 0.15) is 0 Å². The van der Waals surface area contributed by atoms with Crippen molar-refractivity contribution in [2.45, 2.75) is 32.2 Å². The van der Waals surface area contributed by atoms with Gasteiger partial charge in [0.05, 0.1) is 0 Å². The molecule has 3 nitrogen and oxygen atoms in total. The maximum atomic E-state index is 11.5. The molecule has 1 atom stereocenters. The van der Waals surface area contributed by atoms with E-state index in [0.29, 0.717) is 5.90 Å². The summed E-state index contributed by atoms with van der Waals surface area (Å²) in [6.45, 7) is 2.10. The van der Waals surface area contributed by atoms with Crippen LogP contribution >= 0.6 is 0 Å². The Bertz CT molecular complexity index is 398. The minimum Gasteiger partial charge on any atom is -0.406 e. The number of aliphatic imine (C=N–C) groups is 1. The predicted molar refractivity (Wildman–Crippen MR) is 62.4 cm³/mol. The first-order chi connectivity index (χ1) is 7.81. The quantitative estimate of drug-likeness (QED) is 0.727. The molecular formula is C13H15NO2. The molecular weight excluding hydrogens is 202 g/mol. The Hall–Kier alpha value is -1.64. The van der Waals surface area contributed by atoms with E-state index in [-0.39, 0.29) is 12.0 Å². The van der Waals surface area contributed by atoms with E-state index in [0.717, 1.165) is 24.8 Å². The van der Waals surface area contributed by atoms with Crippen LogP contribution in [0.1, 0.15) is 31.7 Å². The summed E-state index contributed by atoms with van der Waals surface area (Å²) in [6.07, 6.45) is 2.86. The number of ether oxygens (including phenoxy) is 1. The maximum absolute atomic E-state index is 11.5. The Kier molecular flexibility index (Phi) is 3.34. The Labute approximate surface area is 95.2 Å². The van der Waals surface area contributed by atoms with Crippen LogP contribution in [0.25, 0.3) is 0 Å². The third-order valence-electron chi connectivity index (χ3n) is 2.59. The van der Waals surface area contributed by atoms with Crippen molar-refractivity contribution in [3.05, 3.63) is 35.9 Å². The van der Waals surface area contributed by atoms with Gasteiger partial charge in [-0.2, -0.15) is 0 Å². The summed E-state index contributed by atoms with van der Waals surface area (Å²) in [4.78, 5) is 15.8. The predicted octanol–water partition coefficient (Wildman–Crippen LogP) is 2.55. The van der Waals surface area contributed by atoms with Crippen molar-refractivity contribution < 1.29 is 9.53 Å². The summed E-state index contributed by atoms with van der Waals surface area (Å²) in [6, 6.07) is 9.24. The summed E-state index contributed by atoms with van der Waals surface area (Å²) in [7, 11) is 0. The number of carbonyl (C=O) groups excluding carboxylic acids is 1. The number of esters is 1. The minimum absolute atomic E-state index is 0.215. The molecule has 1 aromatic carbocycles. The van der Waals surface area contributed by atoms with Gasteiger partial charge in [0.2, 0.25) is 5.90 Å². The summed E-state index contributed by atoms with van der Waals surface area (Å²) < 4.78 is 5.17. The van der Waals surface area contributed by atoms with Gasteiger partial charge in [0, 0.05) is 5.56 Å². The third kappa shape index (κ3) is 2.30. The molecule has 1 heterocycles. The van der Waals surface area contributed by atoms with Crippen molar-refractivity contribution in [1.82, 2.24) is 0 Å². The van der Waals surface area contributed by atoms with Crippen LogP contribution in [0.3, 0.4) is 0 Å². The Balaban J connectivity index is 2.10. The lowest BCUT2D eigenvalue weighted by atomic mass is 10.1. The molecule has 2 rings (SSSR count). The molecule has 0 radical (unpaired) electrons. The first kappa shape index (κ1) is 10.9. The smallest absolute Gasteiger partial charge is 0.337 e. The fourth-order valence-corrected chi connectivity index (χ4v) is 1.68. The number of rotatable bonds is 4. The van der Waals surface area contributed by atoms with Gasteiger partial charge >= 0.3 is 5.97 Å². The average molecular weight is 217 g/mol. The van der Waals surface area contributed by atoms with Crippen LogP contribution in [-0.2, 0) is 9.53 Å². The molecule has 1 aliphatic heterocycles. The fraction of sp³-hybridized carbons (Fsp3) is 0.385. The van der Waals surface area contributed by atoms with E-state index in [2.05, 4.69) is 11.9 Å². The zero-order valence-electron chi connectivity index (χ0n) is 9.35. The number of cyclic esters (lactones) is 1. The highest BCUT2D eigenvalue weighted by Crippen LogP contribution is 2.17. The molecule has 0 saturated carbocycles. The lowest BCUT2D eigenvalue weighted by Crippen LogP contribution is -2.14. The fourth-order valence-electron chi connectivity index (χ4n) is 1.68. The molecule has 0 bridgehead atoms. The third-order valence-corrected chi connectivity index (χ3v) is 2.59. The van der Waals surface area contributed by atoms with Gasteiger partial charge in [-0.1, -0.05) is 38.0 Å². The molecule has 0 N–H and O–H groups in total. The average Bonchev–Trinajstić information content (AvgIpc) is 2.69. The molecule has 1 unspecified atom stereocenters. The van der Waals surface area contributed by atoms with Crippen molar-refractivity contribution in [2.24, 2.45) is 4.99 Å². The monoisotopic (exact) mass is 217 g/mol. The second kappa shape index (κ2) is 4.92. The van der Waals surface area contributed by atoms with E-state index in [1.807, 2.05) is 30.3 Å². The van der Waals surface area contributed by atoms with Gasteiger partial charge in [0.15, 0.2) is 6.04 Å². The maximum Gasteiger partial charge on any atom is 0.337 e. The standard InChI is InChI=1S/C13H15NO2/c1-2-3-9-11-13(15)16-12(14-11)10-7-5-4-6-8-10/h4-8,11H,2-3,9H2,1H3.